The lowest BCUT2D eigenvalue weighted by molar-refractivity contribution is -0.126. The summed E-state index contributed by atoms with van der Waals surface area (Å²) in [6.45, 7) is 2.68. The number of aryl methyl sites for hydroxylation is 1. The maximum Gasteiger partial charge on any atom is 0.226 e. The highest BCUT2D eigenvalue weighted by molar-refractivity contribution is 7.13. The van der Waals surface area contributed by atoms with E-state index in [1.165, 1.54) is 29.0 Å². The Balaban J connectivity index is 1.72. The van der Waals surface area contributed by atoms with E-state index >= 15 is 0 Å². The van der Waals surface area contributed by atoms with Crippen LogP contribution in [0.25, 0.3) is 0 Å². The number of aliphatic hydroxyl groups is 1. The average molecular weight is 531 g/mol. The van der Waals surface area contributed by atoms with E-state index in [9.17, 15) is 23.5 Å². The summed E-state index contributed by atoms with van der Waals surface area (Å²) in [5.74, 6) is -4.24. The van der Waals surface area contributed by atoms with Crippen LogP contribution < -0.4 is 16.4 Å². The first kappa shape index (κ1) is 28.4. The molecule has 0 radical (unpaired) electrons. The fourth-order valence-electron chi connectivity index (χ4n) is 4.34. The van der Waals surface area contributed by atoms with Gasteiger partial charge < -0.3 is 21.5 Å². The van der Waals surface area contributed by atoms with Gasteiger partial charge in [-0.05, 0) is 48.1 Å². The molecule has 7 nitrogen and oxygen atoms in total. The first-order valence-electron chi connectivity index (χ1n) is 12.1. The van der Waals surface area contributed by atoms with Crippen molar-refractivity contribution in [2.45, 2.75) is 45.3 Å². The molecule has 3 aromatic rings. The summed E-state index contributed by atoms with van der Waals surface area (Å²) < 4.78 is 27.7. The Morgan fingerprint density at radius 2 is 1.84 bits per heavy atom. The number of aliphatic hydroxyl groups excluding tert-OH is 1. The van der Waals surface area contributed by atoms with Crippen molar-refractivity contribution >= 4 is 28.3 Å². The predicted molar refractivity (Wildman–Crippen MR) is 140 cm³/mol. The Bertz CT molecular complexity index is 1160. The average Bonchev–Trinajstić information content (AvgIpc) is 3.35. The Morgan fingerprint density at radius 3 is 2.49 bits per heavy atom. The van der Waals surface area contributed by atoms with Gasteiger partial charge >= 0.3 is 0 Å². The van der Waals surface area contributed by atoms with E-state index < -0.39 is 35.5 Å². The van der Waals surface area contributed by atoms with Gasteiger partial charge in [0, 0.05) is 49.0 Å². The Kier molecular flexibility index (Phi) is 10.7. The van der Waals surface area contributed by atoms with Crippen molar-refractivity contribution < 1.29 is 23.5 Å². The number of nitrogens with zero attached hydrogens (tertiary/aromatic N) is 1. The minimum absolute atomic E-state index is 0.00452. The molecule has 0 aliphatic rings. The molecule has 0 saturated heterocycles. The first-order valence-corrected chi connectivity index (χ1v) is 13.0. The Morgan fingerprint density at radius 1 is 1.11 bits per heavy atom. The van der Waals surface area contributed by atoms with Crippen LogP contribution in [-0.4, -0.2) is 34.6 Å². The number of primary amides is 1. The van der Waals surface area contributed by atoms with Crippen molar-refractivity contribution in [1.82, 2.24) is 10.3 Å². The number of benzene rings is 2. The van der Waals surface area contributed by atoms with Crippen LogP contribution in [-0.2, 0) is 29.0 Å². The molecule has 3 atom stereocenters. The van der Waals surface area contributed by atoms with Gasteiger partial charge in [-0.1, -0.05) is 31.2 Å². The van der Waals surface area contributed by atoms with Crippen LogP contribution in [0.5, 0.6) is 0 Å². The van der Waals surface area contributed by atoms with E-state index in [4.69, 9.17) is 5.73 Å². The van der Waals surface area contributed by atoms with Crippen molar-refractivity contribution in [3.63, 3.8) is 0 Å². The number of hydrogen-bond donors (Lipinski definition) is 4. The molecule has 0 aliphatic carbocycles. The van der Waals surface area contributed by atoms with Crippen LogP contribution in [0.15, 0.2) is 54.0 Å². The highest BCUT2D eigenvalue weighted by Gasteiger charge is 2.33. The molecule has 0 spiro atoms. The number of nitrogens with one attached hydrogen (secondary N) is 2. The minimum atomic E-state index is -1.07. The topological polar surface area (TPSA) is 117 Å². The Labute approximate surface area is 219 Å². The zero-order valence-corrected chi connectivity index (χ0v) is 21.4. The fraction of sp³-hybridized carbons (Fsp3) is 0.370. The maximum absolute atomic E-state index is 13.9. The third-order valence-electron chi connectivity index (χ3n) is 6.21. The van der Waals surface area contributed by atoms with Crippen molar-refractivity contribution in [3.8, 4) is 0 Å². The number of halogens is 2. The second-order valence-electron chi connectivity index (χ2n) is 8.95. The van der Waals surface area contributed by atoms with E-state index in [1.54, 1.807) is 11.6 Å². The number of nitrogens with two attached hydrogens (primary N) is 1. The molecule has 2 aromatic carbocycles. The summed E-state index contributed by atoms with van der Waals surface area (Å²) in [7, 11) is 0. The van der Waals surface area contributed by atoms with Crippen LogP contribution in [0.3, 0.4) is 0 Å². The molecule has 1 heterocycles. The number of amides is 2. The predicted octanol–water partition coefficient (Wildman–Crippen LogP) is 3.81. The largest absolute Gasteiger partial charge is 0.391 e. The molecule has 0 saturated carbocycles. The zero-order valence-electron chi connectivity index (χ0n) is 20.6. The van der Waals surface area contributed by atoms with E-state index in [1.807, 2.05) is 18.2 Å². The molecule has 2 amide bonds. The molecule has 3 rings (SSSR count). The van der Waals surface area contributed by atoms with Crippen LogP contribution in [0, 0.1) is 23.5 Å². The normalized spacial score (nSPS) is 13.6. The van der Waals surface area contributed by atoms with E-state index in [-0.39, 0.29) is 37.3 Å². The van der Waals surface area contributed by atoms with Crippen LogP contribution in [0.4, 0.5) is 13.9 Å². The van der Waals surface area contributed by atoms with Gasteiger partial charge in [-0.15, -0.1) is 11.3 Å². The summed E-state index contributed by atoms with van der Waals surface area (Å²) in [5, 5.41) is 19.1. The van der Waals surface area contributed by atoms with Gasteiger partial charge in [0.25, 0.3) is 0 Å². The summed E-state index contributed by atoms with van der Waals surface area (Å²) in [6, 6.07) is 11.1. The van der Waals surface area contributed by atoms with Gasteiger partial charge in [0.1, 0.15) is 11.6 Å². The highest BCUT2D eigenvalue weighted by Crippen LogP contribution is 2.27. The SMILES string of the molecule is CCc1cccc(CNC[C@H](O)[C@@H](Cc2cc(F)cc(F)c2)C(CCC(=O)Nc2nccs2)C(N)=O)c1. The number of rotatable bonds is 14. The summed E-state index contributed by atoms with van der Waals surface area (Å²) >= 11 is 1.26. The van der Waals surface area contributed by atoms with E-state index in [0.29, 0.717) is 11.7 Å². The molecular formula is C27H32F2N4O3S. The molecule has 0 aliphatic heterocycles. The molecule has 0 fully saturated rings. The molecule has 1 unspecified atom stereocenters. The lowest BCUT2D eigenvalue weighted by Crippen LogP contribution is -2.42. The number of carbonyl (C=O) groups excluding carboxylic acids is 2. The monoisotopic (exact) mass is 530 g/mol. The molecule has 198 valence electrons. The van der Waals surface area contributed by atoms with E-state index in [0.717, 1.165) is 18.1 Å². The number of thiazole rings is 1. The third-order valence-corrected chi connectivity index (χ3v) is 6.90. The highest BCUT2D eigenvalue weighted by atomic mass is 32.1. The summed E-state index contributed by atoms with van der Waals surface area (Å²) in [5.41, 5.74) is 8.22. The van der Waals surface area contributed by atoms with Gasteiger partial charge in [-0.25, -0.2) is 13.8 Å². The minimum Gasteiger partial charge on any atom is -0.391 e. The van der Waals surface area contributed by atoms with Crippen LogP contribution in [0.1, 0.15) is 36.5 Å². The van der Waals surface area contributed by atoms with Crippen LogP contribution >= 0.6 is 11.3 Å². The second kappa shape index (κ2) is 13.9. The second-order valence-corrected chi connectivity index (χ2v) is 9.84. The first-order chi connectivity index (χ1) is 17.7. The smallest absolute Gasteiger partial charge is 0.226 e. The lowest BCUT2D eigenvalue weighted by Gasteiger charge is -2.30. The van der Waals surface area contributed by atoms with Crippen molar-refractivity contribution in [3.05, 3.63) is 82.4 Å². The molecule has 10 heteroatoms. The molecule has 5 N–H and O–H groups in total. The zero-order chi connectivity index (χ0) is 26.8. The number of anilines is 1. The standard InChI is InChI=1S/C27H32F2N4O3S/c1-2-17-4-3-5-18(10-17)15-31-16-24(34)23(13-19-11-20(28)14-21(29)12-19)22(26(30)36)6-7-25(35)33-27-32-8-9-37-27/h3-5,8-12,14,22-24,31,34H,2,6-7,13,15-16H2,1H3,(H2,30,36)(H,32,33,35)/t22?,23-,24-/m0/s1. The van der Waals surface area contributed by atoms with Gasteiger partial charge in [0.2, 0.25) is 11.8 Å². The molecule has 37 heavy (non-hydrogen) atoms. The number of carbonyl (C=O) groups is 2. The Hall–Kier alpha value is -3.21. The summed E-state index contributed by atoms with van der Waals surface area (Å²) in [6.07, 6.45) is 1.42. The van der Waals surface area contributed by atoms with Gasteiger partial charge in [0.15, 0.2) is 5.13 Å². The van der Waals surface area contributed by atoms with Crippen molar-refractivity contribution in [1.29, 1.82) is 0 Å². The van der Waals surface area contributed by atoms with Gasteiger partial charge in [-0.3, -0.25) is 9.59 Å². The number of aromatic nitrogens is 1. The molecule has 0 bridgehead atoms. The maximum atomic E-state index is 13.9. The van der Waals surface area contributed by atoms with Crippen molar-refractivity contribution in [2.24, 2.45) is 17.6 Å². The lowest BCUT2D eigenvalue weighted by atomic mass is 9.79. The third kappa shape index (κ3) is 8.99. The molecule has 1 aromatic heterocycles. The van der Waals surface area contributed by atoms with E-state index in [2.05, 4.69) is 28.6 Å². The van der Waals surface area contributed by atoms with Crippen LogP contribution in [0.2, 0.25) is 0 Å². The quantitative estimate of drug-likeness (QED) is 0.253. The number of hydrogen-bond acceptors (Lipinski definition) is 6. The van der Waals surface area contributed by atoms with Gasteiger partial charge in [-0.2, -0.15) is 0 Å². The molecular weight excluding hydrogens is 498 g/mol. The summed E-state index contributed by atoms with van der Waals surface area (Å²) in [4.78, 5) is 28.9. The van der Waals surface area contributed by atoms with Crippen molar-refractivity contribution in [2.75, 3.05) is 11.9 Å². The fourth-order valence-corrected chi connectivity index (χ4v) is 4.89. The van der Waals surface area contributed by atoms with Gasteiger partial charge in [0.05, 0.1) is 6.10 Å².